The number of hydrogen-bond donors (Lipinski definition) is 2. The molecule has 0 spiro atoms. The summed E-state index contributed by atoms with van der Waals surface area (Å²) < 4.78 is 0. The molecule has 1 aromatic carbocycles. The Hall–Kier alpha value is -0.850. The van der Waals surface area contributed by atoms with Gasteiger partial charge in [-0.15, -0.1) is 0 Å². The van der Waals surface area contributed by atoms with Crippen molar-refractivity contribution in [3.8, 4) is 5.75 Å². The Kier molecular flexibility index (Phi) is 10.6. The lowest BCUT2D eigenvalue weighted by Crippen LogP contribution is -3.00. The summed E-state index contributed by atoms with van der Waals surface area (Å²) in [7, 11) is 0. The molecule has 1 aromatic rings. The molecule has 0 saturated heterocycles. The highest BCUT2D eigenvalue weighted by molar-refractivity contribution is 5.18. The summed E-state index contributed by atoms with van der Waals surface area (Å²) >= 11 is 0. The fourth-order valence-electron chi connectivity index (χ4n) is 0.428. The van der Waals surface area contributed by atoms with Crippen LogP contribution in [0.15, 0.2) is 30.3 Å². The molecule has 0 aliphatic heterocycles. The zero-order valence-corrected chi connectivity index (χ0v) is 7.69. The first-order valence-electron chi connectivity index (χ1n) is 2.54. The maximum Gasteiger partial charge on any atom is 0.115 e. The van der Waals surface area contributed by atoms with Gasteiger partial charge in [-0.1, -0.05) is 18.2 Å². The summed E-state index contributed by atoms with van der Waals surface area (Å²) in [6, 6.07) is 8.71. The lowest BCUT2D eigenvalue weighted by atomic mass is 10.3. The van der Waals surface area contributed by atoms with Crippen molar-refractivity contribution in [3.05, 3.63) is 40.4 Å². The molecule has 0 aromatic heterocycles. The van der Waals surface area contributed by atoms with Gasteiger partial charge in [0.05, 0.1) is 0 Å². The second-order valence-electron chi connectivity index (χ2n) is 1.42. The van der Waals surface area contributed by atoms with Crippen molar-refractivity contribution in [1.29, 1.82) is 0 Å². The van der Waals surface area contributed by atoms with Crippen LogP contribution < -0.4 is 29.3 Å². The van der Waals surface area contributed by atoms with Gasteiger partial charge < -0.3 is 29.1 Å². The third kappa shape index (κ3) is 9.15. The SMILES string of the molecule is O=[NH+][O-].Oc1ccccc1.[I-]. The minimum Gasteiger partial charge on any atom is -1.00 e. The smallest absolute Gasteiger partial charge is 0.115 e. The van der Waals surface area contributed by atoms with Gasteiger partial charge in [0.25, 0.3) is 0 Å². The van der Waals surface area contributed by atoms with Crippen molar-refractivity contribution in [2.45, 2.75) is 0 Å². The van der Waals surface area contributed by atoms with E-state index >= 15 is 0 Å². The number of benzene rings is 1. The van der Waals surface area contributed by atoms with Gasteiger partial charge in [0.15, 0.2) is 0 Å². The Morgan fingerprint density at radius 1 is 1.27 bits per heavy atom. The standard InChI is InChI=1S/C6H6O.HI.HNO2/c7-6-4-2-1-3-5-6;;2-1-3/h1-5,7H;1H;1H/p-1. The topological polar surface area (TPSA) is 74.3 Å². The van der Waals surface area contributed by atoms with Crippen molar-refractivity contribution in [1.82, 2.24) is 0 Å². The van der Waals surface area contributed by atoms with Crippen molar-refractivity contribution in [3.63, 3.8) is 0 Å². The Bertz CT molecular complexity index is 180. The maximum absolute atomic E-state index is 8.63. The quantitative estimate of drug-likeness (QED) is 0.294. The second-order valence-corrected chi connectivity index (χ2v) is 1.42. The average molecular weight is 268 g/mol. The molecule has 5 heteroatoms. The molecular weight excluding hydrogens is 261 g/mol. The number of nitrogens with one attached hydrogen (secondary N) is 1. The van der Waals surface area contributed by atoms with Crippen LogP contribution in [0.4, 0.5) is 0 Å². The molecule has 0 saturated carbocycles. The molecule has 0 radical (unpaired) electrons. The van der Waals surface area contributed by atoms with E-state index in [2.05, 4.69) is 0 Å². The highest BCUT2D eigenvalue weighted by Crippen LogP contribution is 2.02. The number of rotatable bonds is 0. The third-order valence-electron chi connectivity index (χ3n) is 0.756. The van der Waals surface area contributed by atoms with E-state index in [0.717, 1.165) is 0 Å². The van der Waals surface area contributed by atoms with Gasteiger partial charge in [0.2, 0.25) is 0 Å². The van der Waals surface area contributed by atoms with Crippen LogP contribution in [0.2, 0.25) is 0 Å². The van der Waals surface area contributed by atoms with Gasteiger partial charge in [0, 0.05) is 5.34 Å². The maximum atomic E-state index is 8.63. The van der Waals surface area contributed by atoms with E-state index in [-0.39, 0.29) is 29.3 Å². The van der Waals surface area contributed by atoms with E-state index in [1.165, 1.54) is 0 Å². The second kappa shape index (κ2) is 9.15. The van der Waals surface area contributed by atoms with Gasteiger partial charge in [-0.05, 0) is 12.1 Å². The summed E-state index contributed by atoms with van der Waals surface area (Å²) in [6.07, 6.45) is 0. The lowest BCUT2D eigenvalue weighted by Gasteiger charge is -1.82. The fraction of sp³-hybridized carbons (Fsp3) is 0. The Morgan fingerprint density at radius 3 is 1.82 bits per heavy atom. The number of hydrogen-bond acceptors (Lipinski definition) is 3. The minimum absolute atomic E-state index is 0. The van der Waals surface area contributed by atoms with Crippen LogP contribution in [-0.4, -0.2) is 5.11 Å². The molecule has 0 heterocycles. The lowest BCUT2D eigenvalue weighted by molar-refractivity contribution is -0.398. The number of para-hydroxylation sites is 1. The first-order valence-corrected chi connectivity index (χ1v) is 2.54. The number of phenolic OH excluding ortho intramolecular Hbond substituents is 1. The Morgan fingerprint density at radius 2 is 1.64 bits per heavy atom. The van der Waals surface area contributed by atoms with Gasteiger partial charge in [-0.2, -0.15) is 0 Å². The van der Waals surface area contributed by atoms with Gasteiger partial charge >= 0.3 is 0 Å². The highest BCUT2D eigenvalue weighted by atomic mass is 127. The predicted octanol–water partition coefficient (Wildman–Crippen LogP) is -3.27. The van der Waals surface area contributed by atoms with Crippen LogP contribution in [-0.2, 0) is 0 Å². The van der Waals surface area contributed by atoms with E-state index in [9.17, 15) is 0 Å². The van der Waals surface area contributed by atoms with Crippen LogP contribution in [0.5, 0.6) is 5.75 Å². The van der Waals surface area contributed by atoms with Crippen LogP contribution in [0.25, 0.3) is 0 Å². The number of phenols is 1. The summed E-state index contributed by atoms with van der Waals surface area (Å²) in [5.74, 6) is 0.322. The van der Waals surface area contributed by atoms with Crippen molar-refractivity contribution < 1.29 is 34.4 Å². The summed E-state index contributed by atoms with van der Waals surface area (Å²) in [4.78, 5) is 8.12. The highest BCUT2D eigenvalue weighted by Gasteiger charge is 1.74. The van der Waals surface area contributed by atoms with Crippen LogP contribution in [0.3, 0.4) is 0 Å². The van der Waals surface area contributed by atoms with E-state index in [0.29, 0.717) is 5.75 Å². The van der Waals surface area contributed by atoms with E-state index in [1.54, 1.807) is 24.3 Å². The Balaban J connectivity index is 0. The molecule has 11 heavy (non-hydrogen) atoms. The summed E-state index contributed by atoms with van der Waals surface area (Å²) in [5, 5.41) is 17.0. The van der Waals surface area contributed by atoms with Crippen molar-refractivity contribution >= 4 is 0 Å². The van der Waals surface area contributed by atoms with E-state index in [1.807, 2.05) is 6.07 Å². The zero-order chi connectivity index (χ0) is 7.82. The first-order chi connectivity index (χ1) is 4.81. The molecule has 0 unspecified atom stereocenters. The van der Waals surface area contributed by atoms with Crippen LogP contribution in [0, 0.1) is 10.1 Å². The Labute approximate surface area is 80.8 Å². The van der Waals surface area contributed by atoms with E-state index < -0.39 is 0 Å². The molecule has 4 nitrogen and oxygen atoms in total. The third-order valence-corrected chi connectivity index (χ3v) is 0.756. The minimum atomic E-state index is 0. The molecule has 2 N–H and O–H groups in total. The average Bonchev–Trinajstić information content (AvgIpc) is 1.91. The van der Waals surface area contributed by atoms with Gasteiger partial charge in [-0.3, -0.25) is 10.1 Å². The van der Waals surface area contributed by atoms with Crippen molar-refractivity contribution in [2.75, 3.05) is 0 Å². The summed E-state index contributed by atoms with van der Waals surface area (Å²) in [5.41, 5.74) is 0. The molecule has 0 aliphatic rings. The number of halogens is 1. The van der Waals surface area contributed by atoms with E-state index in [4.69, 9.17) is 15.2 Å². The molecule has 62 valence electrons. The normalized spacial score (nSPS) is 6.55. The van der Waals surface area contributed by atoms with Crippen LogP contribution >= 0.6 is 0 Å². The monoisotopic (exact) mass is 268 g/mol. The first kappa shape index (κ1) is 12.8. The molecular formula is C6H7INO3-. The summed E-state index contributed by atoms with van der Waals surface area (Å²) in [6.45, 7) is 0. The van der Waals surface area contributed by atoms with Gasteiger partial charge in [-0.25, -0.2) is 0 Å². The molecule has 0 aliphatic carbocycles. The van der Waals surface area contributed by atoms with Crippen LogP contribution in [0.1, 0.15) is 0 Å². The predicted molar refractivity (Wildman–Crippen MR) is 35.8 cm³/mol. The van der Waals surface area contributed by atoms with Gasteiger partial charge in [0.1, 0.15) is 5.75 Å². The van der Waals surface area contributed by atoms with Crippen molar-refractivity contribution in [2.24, 2.45) is 0 Å². The fourth-order valence-corrected chi connectivity index (χ4v) is 0.428. The molecule has 0 amide bonds. The molecule has 0 atom stereocenters. The molecule has 0 fully saturated rings. The molecule has 1 rings (SSSR count). The number of aromatic hydroxyl groups is 1. The molecule has 0 bridgehead atoms. The zero-order valence-electron chi connectivity index (χ0n) is 5.53. The largest absolute Gasteiger partial charge is 1.00 e.